The second-order valence-electron chi connectivity index (χ2n) is 6.89. The summed E-state index contributed by atoms with van der Waals surface area (Å²) >= 11 is 0. The van der Waals surface area contributed by atoms with Crippen molar-refractivity contribution in [2.24, 2.45) is 5.41 Å². The van der Waals surface area contributed by atoms with Gasteiger partial charge >= 0.3 is 5.97 Å². The maximum atomic E-state index is 11.2. The first kappa shape index (κ1) is 17.0. The molecule has 1 aromatic rings. The number of benzene rings is 1. The van der Waals surface area contributed by atoms with Gasteiger partial charge in [-0.15, -0.1) is 0 Å². The number of piperidine rings is 1. The van der Waals surface area contributed by atoms with E-state index in [-0.39, 0.29) is 11.5 Å². The van der Waals surface area contributed by atoms with E-state index >= 15 is 0 Å². The molecule has 2 aliphatic rings. The number of nitrogens with zero attached hydrogens (tertiary/aromatic N) is 1. The Bertz CT molecular complexity index is 574. The van der Waals surface area contributed by atoms with Crippen molar-refractivity contribution in [2.45, 2.75) is 31.8 Å². The first-order chi connectivity index (χ1) is 11.6. The molecule has 2 fully saturated rings. The van der Waals surface area contributed by atoms with E-state index in [1.54, 1.807) is 14.2 Å². The van der Waals surface area contributed by atoms with Crippen molar-refractivity contribution in [3.63, 3.8) is 0 Å². The van der Waals surface area contributed by atoms with E-state index in [0.717, 1.165) is 62.5 Å². The zero-order valence-electron chi connectivity index (χ0n) is 14.4. The van der Waals surface area contributed by atoms with E-state index in [1.807, 2.05) is 18.2 Å². The fourth-order valence-electron chi connectivity index (χ4n) is 3.97. The van der Waals surface area contributed by atoms with Crippen LogP contribution in [0.5, 0.6) is 11.5 Å². The van der Waals surface area contributed by atoms with E-state index in [9.17, 15) is 9.90 Å². The van der Waals surface area contributed by atoms with Crippen molar-refractivity contribution in [2.75, 3.05) is 33.9 Å². The smallest absolute Gasteiger partial charge is 0.320 e. The van der Waals surface area contributed by atoms with Crippen LogP contribution < -0.4 is 14.8 Å². The maximum Gasteiger partial charge on any atom is 0.320 e. The molecule has 0 unspecified atom stereocenters. The van der Waals surface area contributed by atoms with Gasteiger partial charge in [0, 0.05) is 13.1 Å². The van der Waals surface area contributed by atoms with Crippen LogP contribution in [0.25, 0.3) is 0 Å². The molecule has 2 N–H and O–H groups in total. The van der Waals surface area contributed by atoms with Crippen LogP contribution in [0.1, 0.15) is 24.8 Å². The van der Waals surface area contributed by atoms with Crippen LogP contribution in [0.15, 0.2) is 18.2 Å². The van der Waals surface area contributed by atoms with Crippen molar-refractivity contribution >= 4 is 5.97 Å². The Balaban J connectivity index is 1.63. The Labute approximate surface area is 142 Å². The molecule has 2 saturated heterocycles. The average molecular weight is 334 g/mol. The molecular weight excluding hydrogens is 308 g/mol. The number of carboxylic acid groups (broad SMARTS) is 1. The van der Waals surface area contributed by atoms with Crippen LogP contribution in [-0.4, -0.2) is 55.9 Å². The van der Waals surface area contributed by atoms with Crippen molar-refractivity contribution in [1.82, 2.24) is 10.2 Å². The Hall–Kier alpha value is -1.79. The van der Waals surface area contributed by atoms with E-state index in [0.29, 0.717) is 0 Å². The van der Waals surface area contributed by atoms with E-state index < -0.39 is 5.97 Å². The lowest BCUT2D eigenvalue weighted by Crippen LogP contribution is -2.40. The SMILES string of the molecule is COc1cccc(OC)c1CN1CCC2(CC1)CN[C@@H](C(=O)O)C2. The normalized spacial score (nSPS) is 23.3. The number of methoxy groups -OCH3 is 2. The summed E-state index contributed by atoms with van der Waals surface area (Å²) in [6, 6.07) is 5.47. The molecule has 1 atom stereocenters. The Morgan fingerprint density at radius 2 is 1.92 bits per heavy atom. The largest absolute Gasteiger partial charge is 0.496 e. The lowest BCUT2D eigenvalue weighted by molar-refractivity contribution is -0.139. The highest BCUT2D eigenvalue weighted by Gasteiger charge is 2.43. The van der Waals surface area contributed by atoms with Gasteiger partial charge in [0.1, 0.15) is 17.5 Å². The van der Waals surface area contributed by atoms with Crippen LogP contribution in [0.3, 0.4) is 0 Å². The van der Waals surface area contributed by atoms with Gasteiger partial charge in [-0.05, 0) is 49.9 Å². The third-order valence-electron chi connectivity index (χ3n) is 5.49. The van der Waals surface area contributed by atoms with E-state index in [4.69, 9.17) is 9.47 Å². The molecule has 0 radical (unpaired) electrons. The molecule has 1 spiro atoms. The Kier molecular flexibility index (Phi) is 4.96. The van der Waals surface area contributed by atoms with Gasteiger partial charge in [-0.1, -0.05) is 6.07 Å². The second kappa shape index (κ2) is 6.99. The number of ether oxygens (including phenoxy) is 2. The fourth-order valence-corrected chi connectivity index (χ4v) is 3.97. The molecule has 0 bridgehead atoms. The predicted molar refractivity (Wildman–Crippen MR) is 90.5 cm³/mol. The monoisotopic (exact) mass is 334 g/mol. The summed E-state index contributed by atoms with van der Waals surface area (Å²) < 4.78 is 11.0. The highest BCUT2D eigenvalue weighted by Crippen LogP contribution is 2.40. The molecular formula is C18H26N2O4. The summed E-state index contributed by atoms with van der Waals surface area (Å²) in [6.07, 6.45) is 2.80. The van der Waals surface area contributed by atoms with Gasteiger partial charge in [0.2, 0.25) is 0 Å². The number of likely N-dealkylation sites (tertiary alicyclic amines) is 1. The average Bonchev–Trinajstić information content (AvgIpc) is 3.01. The fraction of sp³-hybridized carbons (Fsp3) is 0.611. The summed E-state index contributed by atoms with van der Waals surface area (Å²) in [6.45, 7) is 3.54. The van der Waals surface area contributed by atoms with E-state index in [1.165, 1.54) is 0 Å². The minimum absolute atomic E-state index is 0.143. The molecule has 132 valence electrons. The lowest BCUT2D eigenvalue weighted by atomic mass is 9.76. The highest BCUT2D eigenvalue weighted by atomic mass is 16.5. The molecule has 0 aromatic heterocycles. The van der Waals surface area contributed by atoms with Crippen molar-refractivity contribution in [3.8, 4) is 11.5 Å². The number of hydrogen-bond acceptors (Lipinski definition) is 5. The van der Waals surface area contributed by atoms with Gasteiger partial charge in [-0.25, -0.2) is 0 Å². The zero-order valence-corrected chi connectivity index (χ0v) is 14.4. The summed E-state index contributed by atoms with van der Waals surface area (Å²) in [5, 5.41) is 12.3. The minimum atomic E-state index is -0.729. The lowest BCUT2D eigenvalue weighted by Gasteiger charge is -2.39. The quantitative estimate of drug-likeness (QED) is 0.855. The third kappa shape index (κ3) is 3.35. The van der Waals surface area contributed by atoms with Crippen LogP contribution in [0, 0.1) is 5.41 Å². The molecule has 0 aliphatic carbocycles. The molecule has 3 rings (SSSR count). The summed E-state index contributed by atoms with van der Waals surface area (Å²) in [7, 11) is 3.36. The van der Waals surface area contributed by atoms with Crippen LogP contribution >= 0.6 is 0 Å². The molecule has 6 heteroatoms. The molecule has 24 heavy (non-hydrogen) atoms. The molecule has 0 amide bonds. The maximum absolute atomic E-state index is 11.2. The van der Waals surface area contributed by atoms with Gasteiger partial charge in [0.15, 0.2) is 0 Å². The predicted octanol–water partition coefficient (Wildman–Crippen LogP) is 1.73. The van der Waals surface area contributed by atoms with Crippen LogP contribution in [0.4, 0.5) is 0 Å². The van der Waals surface area contributed by atoms with Gasteiger partial charge in [0.05, 0.1) is 19.8 Å². The second-order valence-corrected chi connectivity index (χ2v) is 6.89. The molecule has 6 nitrogen and oxygen atoms in total. The number of nitrogens with one attached hydrogen (secondary N) is 1. The Morgan fingerprint density at radius 3 is 2.42 bits per heavy atom. The number of carboxylic acids is 1. The summed E-state index contributed by atoms with van der Waals surface area (Å²) in [5.74, 6) is 0.972. The van der Waals surface area contributed by atoms with Gasteiger partial charge < -0.3 is 19.9 Å². The Morgan fingerprint density at radius 1 is 1.29 bits per heavy atom. The van der Waals surface area contributed by atoms with Gasteiger partial charge in [-0.3, -0.25) is 9.69 Å². The number of aliphatic carboxylic acids is 1. The number of rotatable bonds is 5. The van der Waals surface area contributed by atoms with E-state index in [2.05, 4.69) is 10.2 Å². The molecule has 1 aromatic carbocycles. The first-order valence-electron chi connectivity index (χ1n) is 8.45. The van der Waals surface area contributed by atoms with Crippen molar-refractivity contribution in [1.29, 1.82) is 0 Å². The molecule has 0 saturated carbocycles. The third-order valence-corrected chi connectivity index (χ3v) is 5.49. The topological polar surface area (TPSA) is 71.0 Å². The van der Waals surface area contributed by atoms with Crippen molar-refractivity contribution in [3.05, 3.63) is 23.8 Å². The standard InChI is InChI=1S/C18H26N2O4/c1-23-15-4-3-5-16(24-2)13(15)11-20-8-6-18(7-9-20)10-14(17(21)22)19-12-18/h3-5,14,19H,6-12H2,1-2H3,(H,21,22)/t14-/m1/s1. The van der Waals surface area contributed by atoms with Crippen LogP contribution in [-0.2, 0) is 11.3 Å². The summed E-state index contributed by atoms with van der Waals surface area (Å²) in [4.78, 5) is 13.6. The van der Waals surface area contributed by atoms with Gasteiger partial charge in [-0.2, -0.15) is 0 Å². The van der Waals surface area contributed by atoms with Crippen LogP contribution in [0.2, 0.25) is 0 Å². The number of hydrogen-bond donors (Lipinski definition) is 2. The van der Waals surface area contributed by atoms with Crippen molar-refractivity contribution < 1.29 is 19.4 Å². The molecule has 2 heterocycles. The first-order valence-corrected chi connectivity index (χ1v) is 8.45. The highest BCUT2D eigenvalue weighted by molar-refractivity contribution is 5.74. The minimum Gasteiger partial charge on any atom is -0.496 e. The molecule has 2 aliphatic heterocycles. The zero-order chi connectivity index (χ0) is 17.2. The van der Waals surface area contributed by atoms with Gasteiger partial charge in [0.25, 0.3) is 0 Å². The summed E-state index contributed by atoms with van der Waals surface area (Å²) in [5.41, 5.74) is 1.22. The number of carbonyl (C=O) groups is 1.